The third-order valence-corrected chi connectivity index (χ3v) is 5.40. The lowest BCUT2D eigenvalue weighted by Gasteiger charge is -2.39. The topological polar surface area (TPSA) is 37.4 Å². The monoisotopic (exact) mass is 313 g/mol. The van der Waals surface area contributed by atoms with Crippen LogP contribution in [0.3, 0.4) is 0 Å². The van der Waals surface area contributed by atoms with Gasteiger partial charge in [0.15, 0.2) is 5.78 Å². The Bertz CT molecular complexity index is 607. The largest absolute Gasteiger partial charge is 0.339 e. The van der Waals surface area contributed by atoms with Crippen molar-refractivity contribution in [1.82, 2.24) is 4.90 Å². The van der Waals surface area contributed by atoms with Crippen LogP contribution in [0.15, 0.2) is 30.3 Å². The fourth-order valence-electron chi connectivity index (χ4n) is 4.88. The van der Waals surface area contributed by atoms with E-state index >= 15 is 0 Å². The van der Waals surface area contributed by atoms with Crippen molar-refractivity contribution in [2.24, 2.45) is 10.8 Å². The van der Waals surface area contributed by atoms with Crippen molar-refractivity contribution in [2.45, 2.75) is 58.9 Å². The van der Waals surface area contributed by atoms with Crippen LogP contribution in [0.4, 0.5) is 0 Å². The minimum Gasteiger partial charge on any atom is -0.339 e. The van der Waals surface area contributed by atoms with Gasteiger partial charge < -0.3 is 4.90 Å². The van der Waals surface area contributed by atoms with E-state index in [-0.39, 0.29) is 17.1 Å². The molecule has 1 aromatic carbocycles. The van der Waals surface area contributed by atoms with Crippen molar-refractivity contribution in [3.63, 3.8) is 0 Å². The van der Waals surface area contributed by atoms with Gasteiger partial charge in [-0.05, 0) is 30.1 Å². The van der Waals surface area contributed by atoms with Gasteiger partial charge >= 0.3 is 0 Å². The highest BCUT2D eigenvalue weighted by molar-refractivity contribution is 5.97. The van der Waals surface area contributed by atoms with Gasteiger partial charge in [0.2, 0.25) is 5.91 Å². The fourth-order valence-corrected chi connectivity index (χ4v) is 4.88. The van der Waals surface area contributed by atoms with Crippen LogP contribution in [-0.4, -0.2) is 29.2 Å². The first-order chi connectivity index (χ1) is 10.8. The van der Waals surface area contributed by atoms with Crippen LogP contribution in [0, 0.1) is 10.8 Å². The highest BCUT2D eigenvalue weighted by Crippen LogP contribution is 2.52. The molecule has 23 heavy (non-hydrogen) atoms. The molecule has 1 aliphatic carbocycles. The summed E-state index contributed by atoms with van der Waals surface area (Å²) >= 11 is 0. The van der Waals surface area contributed by atoms with Crippen LogP contribution < -0.4 is 0 Å². The molecular formula is C20H27NO2. The molecule has 1 saturated carbocycles. The standard InChI is InChI=1S/C20H27NO2/c1-19(2)11-16-12-20(3,13-19)14-21(16)18(23)10-9-17(22)15-7-5-4-6-8-15/h4-8,16H,9-14H2,1-3H3. The van der Waals surface area contributed by atoms with E-state index in [1.54, 1.807) is 0 Å². The maximum atomic E-state index is 12.7. The number of Topliss-reactive ketones (excluding diaryl/α,β-unsaturated/α-hetero) is 1. The minimum absolute atomic E-state index is 0.0626. The summed E-state index contributed by atoms with van der Waals surface area (Å²) in [6.45, 7) is 7.79. The smallest absolute Gasteiger partial charge is 0.223 e. The molecule has 124 valence electrons. The van der Waals surface area contributed by atoms with Crippen molar-refractivity contribution in [1.29, 1.82) is 0 Å². The predicted molar refractivity (Wildman–Crippen MR) is 91.2 cm³/mol. The van der Waals surface area contributed by atoms with Gasteiger partial charge in [-0.15, -0.1) is 0 Å². The van der Waals surface area contributed by atoms with Crippen LogP contribution in [0.2, 0.25) is 0 Å². The van der Waals surface area contributed by atoms with Gasteiger partial charge in [-0.2, -0.15) is 0 Å². The first-order valence-electron chi connectivity index (χ1n) is 8.66. The van der Waals surface area contributed by atoms with Crippen molar-refractivity contribution in [3.8, 4) is 0 Å². The van der Waals surface area contributed by atoms with Gasteiger partial charge in [-0.3, -0.25) is 9.59 Å². The molecule has 1 aromatic rings. The molecule has 1 aliphatic heterocycles. The third kappa shape index (κ3) is 3.49. The molecule has 0 aromatic heterocycles. The van der Waals surface area contributed by atoms with Gasteiger partial charge in [0.05, 0.1) is 0 Å². The van der Waals surface area contributed by atoms with Crippen molar-refractivity contribution >= 4 is 11.7 Å². The summed E-state index contributed by atoms with van der Waals surface area (Å²) < 4.78 is 0. The van der Waals surface area contributed by atoms with Crippen LogP contribution in [0.5, 0.6) is 0 Å². The van der Waals surface area contributed by atoms with Gasteiger partial charge in [0, 0.05) is 31.0 Å². The molecular weight excluding hydrogens is 286 g/mol. The molecule has 0 radical (unpaired) electrons. The Kier molecular flexibility index (Phi) is 4.07. The summed E-state index contributed by atoms with van der Waals surface area (Å²) in [5.41, 5.74) is 1.27. The zero-order valence-electron chi connectivity index (χ0n) is 14.5. The molecule has 2 fully saturated rings. The number of carbonyl (C=O) groups excluding carboxylic acids is 2. The zero-order valence-corrected chi connectivity index (χ0v) is 14.5. The lowest BCUT2D eigenvalue weighted by atomic mass is 9.65. The maximum absolute atomic E-state index is 12.7. The Balaban J connectivity index is 1.60. The summed E-state index contributed by atoms with van der Waals surface area (Å²) in [7, 11) is 0. The van der Waals surface area contributed by atoms with Gasteiger partial charge in [0.1, 0.15) is 0 Å². The number of rotatable bonds is 4. The zero-order chi connectivity index (χ0) is 16.7. The number of carbonyl (C=O) groups is 2. The van der Waals surface area contributed by atoms with E-state index in [0.29, 0.717) is 29.9 Å². The molecule has 2 bridgehead atoms. The Morgan fingerprint density at radius 2 is 1.78 bits per heavy atom. The van der Waals surface area contributed by atoms with Gasteiger partial charge in [-0.1, -0.05) is 51.1 Å². The van der Waals surface area contributed by atoms with Crippen molar-refractivity contribution in [2.75, 3.05) is 6.54 Å². The molecule has 1 amide bonds. The second-order valence-corrected chi connectivity index (χ2v) is 8.52. The lowest BCUT2D eigenvalue weighted by molar-refractivity contribution is -0.132. The summed E-state index contributed by atoms with van der Waals surface area (Å²) in [6.07, 6.45) is 4.03. The number of ketones is 1. The molecule has 3 rings (SSSR count). The molecule has 3 heteroatoms. The predicted octanol–water partition coefficient (Wildman–Crippen LogP) is 4.08. The third-order valence-electron chi connectivity index (χ3n) is 5.40. The molecule has 0 spiro atoms. The SMILES string of the molecule is CC1(C)CC2CC(C)(CN2C(=O)CCC(=O)c2ccccc2)C1. The van der Waals surface area contributed by atoms with Crippen molar-refractivity contribution < 1.29 is 9.59 Å². The van der Waals surface area contributed by atoms with Crippen LogP contribution in [0.1, 0.15) is 63.2 Å². The van der Waals surface area contributed by atoms with E-state index in [1.807, 2.05) is 30.3 Å². The average Bonchev–Trinajstić information content (AvgIpc) is 2.74. The Morgan fingerprint density at radius 3 is 2.48 bits per heavy atom. The number of hydrogen-bond donors (Lipinski definition) is 0. The highest BCUT2D eigenvalue weighted by atomic mass is 16.2. The van der Waals surface area contributed by atoms with E-state index in [9.17, 15) is 9.59 Å². The second-order valence-electron chi connectivity index (χ2n) is 8.52. The maximum Gasteiger partial charge on any atom is 0.223 e. The van der Waals surface area contributed by atoms with Crippen LogP contribution in [-0.2, 0) is 4.79 Å². The number of likely N-dealkylation sites (tertiary alicyclic amines) is 1. The van der Waals surface area contributed by atoms with Gasteiger partial charge in [0.25, 0.3) is 0 Å². The molecule has 3 nitrogen and oxygen atoms in total. The number of benzene rings is 1. The molecule has 1 heterocycles. The molecule has 1 saturated heterocycles. The number of nitrogens with zero attached hydrogens (tertiary/aromatic N) is 1. The first-order valence-corrected chi connectivity index (χ1v) is 8.66. The molecule has 2 atom stereocenters. The van der Waals surface area contributed by atoms with E-state index in [1.165, 1.54) is 6.42 Å². The first kappa shape index (κ1) is 16.2. The highest BCUT2D eigenvalue weighted by Gasteiger charge is 2.50. The van der Waals surface area contributed by atoms with Crippen LogP contribution in [0.25, 0.3) is 0 Å². The molecule has 2 unspecified atom stereocenters. The number of hydrogen-bond acceptors (Lipinski definition) is 2. The average molecular weight is 313 g/mol. The molecule has 2 aliphatic rings. The Hall–Kier alpha value is -1.64. The normalized spacial score (nSPS) is 28.7. The second kappa shape index (κ2) is 5.77. The van der Waals surface area contributed by atoms with E-state index in [2.05, 4.69) is 25.7 Å². The Morgan fingerprint density at radius 1 is 1.09 bits per heavy atom. The van der Waals surface area contributed by atoms with E-state index < -0.39 is 0 Å². The summed E-state index contributed by atoms with van der Waals surface area (Å²) in [4.78, 5) is 26.9. The number of fused-ring (bicyclic) bond motifs is 2. The summed E-state index contributed by atoms with van der Waals surface area (Å²) in [6, 6.07) is 9.62. The summed E-state index contributed by atoms with van der Waals surface area (Å²) in [5.74, 6) is 0.216. The summed E-state index contributed by atoms with van der Waals surface area (Å²) in [5, 5.41) is 0. The van der Waals surface area contributed by atoms with Crippen molar-refractivity contribution in [3.05, 3.63) is 35.9 Å². The van der Waals surface area contributed by atoms with Gasteiger partial charge in [-0.25, -0.2) is 0 Å². The fraction of sp³-hybridized carbons (Fsp3) is 0.600. The van der Waals surface area contributed by atoms with E-state index in [0.717, 1.165) is 19.4 Å². The van der Waals surface area contributed by atoms with E-state index in [4.69, 9.17) is 0 Å². The number of amides is 1. The lowest BCUT2D eigenvalue weighted by Crippen LogP contribution is -2.37. The quantitative estimate of drug-likeness (QED) is 0.786. The Labute approximate surface area is 139 Å². The minimum atomic E-state index is 0.0626. The molecule has 0 N–H and O–H groups in total. The van der Waals surface area contributed by atoms with Crippen LogP contribution >= 0.6 is 0 Å².